The molecule has 0 spiro atoms. The Bertz CT molecular complexity index is 894. The smallest absolute Gasteiger partial charge is 0.312 e. The van der Waals surface area contributed by atoms with Crippen molar-refractivity contribution in [2.75, 3.05) is 13.7 Å². The van der Waals surface area contributed by atoms with Crippen LogP contribution in [0.25, 0.3) is 0 Å². The molecule has 0 radical (unpaired) electrons. The Morgan fingerprint density at radius 1 is 0.943 bits per heavy atom. The molecule has 10 atom stereocenters. The Labute approximate surface area is 213 Å². The molecule has 0 aromatic rings. The first-order valence-corrected chi connectivity index (χ1v) is 14.4. The molecule has 35 heavy (non-hydrogen) atoms. The number of allylic oxidation sites excluding steroid dienone is 1. The van der Waals surface area contributed by atoms with Crippen molar-refractivity contribution in [3.8, 4) is 0 Å². The molecular formula is C31H50O4. The fourth-order valence-corrected chi connectivity index (χ4v) is 11.8. The number of carbonyl (C=O) groups excluding carboxylic acids is 1. The van der Waals surface area contributed by atoms with Crippen LogP contribution >= 0.6 is 0 Å². The van der Waals surface area contributed by atoms with Crippen molar-refractivity contribution >= 4 is 5.97 Å². The van der Waals surface area contributed by atoms with Crippen LogP contribution in [0, 0.1) is 56.7 Å². The van der Waals surface area contributed by atoms with Gasteiger partial charge in [-0.05, 0) is 117 Å². The summed E-state index contributed by atoms with van der Waals surface area (Å²) in [6.45, 7) is 16.3. The van der Waals surface area contributed by atoms with Crippen LogP contribution in [0.4, 0.5) is 0 Å². The summed E-state index contributed by atoms with van der Waals surface area (Å²) in [5, 5.41) is 22.3. The number of carbonyl (C=O) groups is 1. The van der Waals surface area contributed by atoms with Crippen LogP contribution < -0.4 is 0 Å². The lowest BCUT2D eigenvalue weighted by molar-refractivity contribution is -0.262. The van der Waals surface area contributed by atoms with E-state index in [-0.39, 0.29) is 46.3 Å². The van der Waals surface area contributed by atoms with E-state index in [1.54, 1.807) is 7.11 Å². The average molecular weight is 487 g/mol. The van der Waals surface area contributed by atoms with Crippen molar-refractivity contribution in [2.24, 2.45) is 56.7 Å². The van der Waals surface area contributed by atoms with E-state index < -0.39 is 5.41 Å². The molecule has 5 aliphatic carbocycles. The Morgan fingerprint density at radius 2 is 1.66 bits per heavy atom. The highest BCUT2D eigenvalue weighted by atomic mass is 16.5. The molecule has 0 bridgehead atoms. The van der Waals surface area contributed by atoms with Crippen LogP contribution in [0.3, 0.4) is 0 Å². The van der Waals surface area contributed by atoms with Crippen LogP contribution in [-0.2, 0) is 9.53 Å². The minimum Gasteiger partial charge on any atom is -0.469 e. The highest BCUT2D eigenvalue weighted by Gasteiger charge is 2.73. The third-order valence-corrected chi connectivity index (χ3v) is 13.6. The number of fused-ring (bicyclic) bond motifs is 7. The number of hydrogen-bond acceptors (Lipinski definition) is 4. The number of ether oxygens (including phenoxy) is 1. The predicted molar refractivity (Wildman–Crippen MR) is 138 cm³/mol. The number of aliphatic hydroxyl groups excluding tert-OH is 2. The molecular weight excluding hydrogens is 436 g/mol. The standard InChI is InChI=1S/C31H50O4/c1-19(2)20-10-15-30(26(34)35-7)16-17-31(18-32)21(25(20)30)8-9-23-28(5)13-12-24(33)27(3,4)22(28)11-14-29(23,31)6/h20-25,32-33H,1,8-18H2,2-7H3/t20-,21+,22-,23+,24+,25+,28-,29+,30-,31-/m0/s1. The van der Waals surface area contributed by atoms with Crippen molar-refractivity contribution < 1.29 is 19.7 Å². The highest BCUT2D eigenvalue weighted by molar-refractivity contribution is 5.78. The van der Waals surface area contributed by atoms with Gasteiger partial charge in [-0.3, -0.25) is 4.79 Å². The molecule has 0 aromatic carbocycles. The summed E-state index contributed by atoms with van der Waals surface area (Å²) >= 11 is 0. The van der Waals surface area contributed by atoms with Gasteiger partial charge in [-0.1, -0.05) is 39.8 Å². The zero-order valence-electron chi connectivity index (χ0n) is 23.2. The summed E-state index contributed by atoms with van der Waals surface area (Å²) in [6, 6.07) is 0. The van der Waals surface area contributed by atoms with E-state index in [9.17, 15) is 15.0 Å². The quantitative estimate of drug-likeness (QED) is 0.371. The second-order valence-corrected chi connectivity index (χ2v) is 14.6. The number of methoxy groups -OCH3 is 1. The average Bonchev–Trinajstić information content (AvgIpc) is 3.22. The van der Waals surface area contributed by atoms with Gasteiger partial charge in [-0.25, -0.2) is 0 Å². The normalized spacial score (nSPS) is 52.5. The van der Waals surface area contributed by atoms with Crippen LogP contribution in [0.15, 0.2) is 12.2 Å². The van der Waals surface area contributed by atoms with Gasteiger partial charge < -0.3 is 14.9 Å². The molecule has 4 heteroatoms. The lowest BCUT2D eigenvalue weighted by Crippen LogP contribution is -2.68. The lowest BCUT2D eigenvalue weighted by atomic mass is 9.32. The van der Waals surface area contributed by atoms with Crippen LogP contribution in [-0.4, -0.2) is 36.0 Å². The molecule has 5 saturated carbocycles. The molecule has 0 amide bonds. The summed E-state index contributed by atoms with van der Waals surface area (Å²) in [5.41, 5.74) is 0.774. The Kier molecular flexibility index (Phi) is 5.94. The molecule has 2 N–H and O–H groups in total. The van der Waals surface area contributed by atoms with Crippen molar-refractivity contribution in [3.63, 3.8) is 0 Å². The number of esters is 1. The second kappa shape index (κ2) is 8.06. The first-order chi connectivity index (χ1) is 16.4. The molecule has 5 aliphatic rings. The maximum Gasteiger partial charge on any atom is 0.312 e. The summed E-state index contributed by atoms with van der Waals surface area (Å²) in [7, 11) is 1.55. The summed E-state index contributed by atoms with van der Waals surface area (Å²) in [4.78, 5) is 13.4. The molecule has 0 unspecified atom stereocenters. The molecule has 0 saturated heterocycles. The van der Waals surface area contributed by atoms with E-state index in [2.05, 4.69) is 41.2 Å². The molecule has 198 valence electrons. The first-order valence-electron chi connectivity index (χ1n) is 14.4. The summed E-state index contributed by atoms with van der Waals surface area (Å²) in [6.07, 6.45) is 9.88. The Balaban J connectivity index is 1.60. The van der Waals surface area contributed by atoms with E-state index in [1.165, 1.54) is 12.0 Å². The molecule has 4 nitrogen and oxygen atoms in total. The van der Waals surface area contributed by atoms with Crippen molar-refractivity contribution in [3.05, 3.63) is 12.2 Å². The van der Waals surface area contributed by atoms with Gasteiger partial charge in [0.2, 0.25) is 0 Å². The minimum absolute atomic E-state index is 0.0243. The monoisotopic (exact) mass is 486 g/mol. The maximum atomic E-state index is 13.4. The lowest BCUT2D eigenvalue weighted by Gasteiger charge is -2.73. The highest BCUT2D eigenvalue weighted by Crippen LogP contribution is 2.77. The predicted octanol–water partition coefficient (Wildman–Crippen LogP) is 6.15. The Hall–Kier alpha value is -0.870. The fourth-order valence-electron chi connectivity index (χ4n) is 11.8. The third kappa shape index (κ3) is 3.02. The topological polar surface area (TPSA) is 66.8 Å². The first kappa shape index (κ1) is 25.8. The summed E-state index contributed by atoms with van der Waals surface area (Å²) in [5.74, 6) is 1.91. The zero-order chi connectivity index (χ0) is 25.6. The van der Waals surface area contributed by atoms with Crippen molar-refractivity contribution in [1.82, 2.24) is 0 Å². The fraction of sp³-hybridized carbons (Fsp3) is 0.903. The van der Waals surface area contributed by atoms with Crippen LogP contribution in [0.1, 0.15) is 98.8 Å². The Morgan fingerprint density at radius 3 is 2.29 bits per heavy atom. The molecule has 0 aromatic heterocycles. The van der Waals surface area contributed by atoms with E-state index in [0.717, 1.165) is 57.8 Å². The maximum absolute atomic E-state index is 13.4. The van der Waals surface area contributed by atoms with Gasteiger partial charge in [-0.15, -0.1) is 0 Å². The van der Waals surface area contributed by atoms with Gasteiger partial charge >= 0.3 is 5.97 Å². The minimum atomic E-state index is -0.414. The van der Waals surface area contributed by atoms with Gasteiger partial charge in [0.25, 0.3) is 0 Å². The van der Waals surface area contributed by atoms with Gasteiger partial charge in [0.1, 0.15) is 0 Å². The number of hydrogen-bond donors (Lipinski definition) is 2. The van der Waals surface area contributed by atoms with E-state index >= 15 is 0 Å². The van der Waals surface area contributed by atoms with E-state index in [1.807, 2.05) is 0 Å². The number of rotatable bonds is 3. The summed E-state index contributed by atoms with van der Waals surface area (Å²) < 4.78 is 5.47. The van der Waals surface area contributed by atoms with Crippen molar-refractivity contribution in [1.29, 1.82) is 0 Å². The van der Waals surface area contributed by atoms with Gasteiger partial charge in [-0.2, -0.15) is 0 Å². The second-order valence-electron chi connectivity index (χ2n) is 14.6. The van der Waals surface area contributed by atoms with E-state index in [4.69, 9.17) is 4.74 Å². The van der Waals surface area contributed by atoms with Crippen molar-refractivity contribution in [2.45, 2.75) is 105 Å². The third-order valence-electron chi connectivity index (χ3n) is 13.6. The molecule has 5 fully saturated rings. The molecule has 0 aliphatic heterocycles. The van der Waals surface area contributed by atoms with E-state index in [0.29, 0.717) is 23.7 Å². The molecule has 5 rings (SSSR count). The van der Waals surface area contributed by atoms with Crippen LogP contribution in [0.5, 0.6) is 0 Å². The SMILES string of the molecule is C=C(C)[C@@H]1CC[C@]2(C(=O)OC)CC[C@]3(CO)[C@H](CC[C@@H]4[C@@]5(C)CC[C@@H](O)C(C)(C)[C@@H]5CC[C@]43C)[C@@H]12. The number of aliphatic hydroxyl groups is 2. The van der Waals surface area contributed by atoms with Gasteiger partial charge in [0, 0.05) is 12.0 Å². The van der Waals surface area contributed by atoms with Gasteiger partial charge in [0.05, 0.1) is 18.6 Å². The molecule has 0 heterocycles. The van der Waals surface area contributed by atoms with Gasteiger partial charge in [0.15, 0.2) is 0 Å². The zero-order valence-corrected chi connectivity index (χ0v) is 23.2. The largest absolute Gasteiger partial charge is 0.469 e. The van der Waals surface area contributed by atoms with Crippen LogP contribution in [0.2, 0.25) is 0 Å².